The fourth-order valence-electron chi connectivity index (χ4n) is 1.98. The number of nitrogens with one attached hydrogen (secondary N) is 1. The zero-order chi connectivity index (χ0) is 13.4. The summed E-state index contributed by atoms with van der Waals surface area (Å²) in [6, 6.07) is 8.20. The van der Waals surface area contributed by atoms with Crippen molar-refractivity contribution in [2.75, 3.05) is 17.7 Å². The molecule has 0 amide bonds. The van der Waals surface area contributed by atoms with Gasteiger partial charge in [-0.2, -0.15) is 15.1 Å². The molecule has 0 aliphatic rings. The molecule has 2 aromatic heterocycles. The summed E-state index contributed by atoms with van der Waals surface area (Å²) in [5.74, 6) is 0.964. The predicted octanol–water partition coefficient (Wildman–Crippen LogP) is 2.01. The number of fused-ring (bicyclic) bond motifs is 1. The zero-order valence-corrected chi connectivity index (χ0v) is 10.8. The van der Waals surface area contributed by atoms with E-state index in [-0.39, 0.29) is 5.95 Å². The molecular weight excluding hydrogens is 240 g/mol. The Kier molecular flexibility index (Phi) is 2.56. The highest BCUT2D eigenvalue weighted by Gasteiger charge is 2.13. The number of rotatable bonds is 2. The van der Waals surface area contributed by atoms with E-state index in [1.54, 1.807) is 6.20 Å². The summed E-state index contributed by atoms with van der Waals surface area (Å²) >= 11 is 0. The molecule has 3 aromatic rings. The molecule has 2 heterocycles. The number of aryl methyl sites for hydroxylation is 1. The van der Waals surface area contributed by atoms with Crippen LogP contribution in [0.5, 0.6) is 0 Å². The second kappa shape index (κ2) is 4.24. The van der Waals surface area contributed by atoms with Crippen LogP contribution in [0.3, 0.4) is 0 Å². The third-order valence-corrected chi connectivity index (χ3v) is 3.05. The number of anilines is 3. The van der Waals surface area contributed by atoms with E-state index < -0.39 is 0 Å². The van der Waals surface area contributed by atoms with Gasteiger partial charge in [-0.3, -0.25) is 5.10 Å². The zero-order valence-electron chi connectivity index (χ0n) is 10.8. The van der Waals surface area contributed by atoms with Crippen molar-refractivity contribution in [3.63, 3.8) is 0 Å². The Hall–Kier alpha value is -2.63. The Balaban J connectivity index is 2.12. The molecule has 6 heteroatoms. The van der Waals surface area contributed by atoms with Gasteiger partial charge < -0.3 is 10.6 Å². The lowest BCUT2D eigenvalue weighted by Crippen LogP contribution is -2.13. The number of nitrogens with zero attached hydrogens (tertiary/aromatic N) is 4. The monoisotopic (exact) mass is 254 g/mol. The minimum absolute atomic E-state index is 0.228. The van der Waals surface area contributed by atoms with Crippen molar-refractivity contribution >= 4 is 28.5 Å². The number of hydrogen-bond acceptors (Lipinski definition) is 5. The minimum Gasteiger partial charge on any atom is -0.368 e. The quantitative estimate of drug-likeness (QED) is 0.730. The van der Waals surface area contributed by atoms with Gasteiger partial charge in [0.15, 0.2) is 5.65 Å². The van der Waals surface area contributed by atoms with Crippen LogP contribution in [0.25, 0.3) is 11.0 Å². The molecular formula is C13H14N6. The van der Waals surface area contributed by atoms with E-state index in [4.69, 9.17) is 5.73 Å². The average molecular weight is 254 g/mol. The Morgan fingerprint density at radius 2 is 1.89 bits per heavy atom. The summed E-state index contributed by atoms with van der Waals surface area (Å²) in [6.07, 6.45) is 1.70. The van der Waals surface area contributed by atoms with E-state index in [0.717, 1.165) is 16.9 Å². The van der Waals surface area contributed by atoms with Gasteiger partial charge in [-0.25, -0.2) is 0 Å². The number of nitrogens with two attached hydrogens (primary N) is 1. The third kappa shape index (κ3) is 1.97. The van der Waals surface area contributed by atoms with Crippen molar-refractivity contribution in [2.45, 2.75) is 6.92 Å². The number of nitrogen functional groups attached to an aromatic ring is 1. The maximum absolute atomic E-state index is 5.73. The van der Waals surface area contributed by atoms with E-state index >= 15 is 0 Å². The van der Waals surface area contributed by atoms with Gasteiger partial charge in [0, 0.05) is 12.7 Å². The first-order chi connectivity index (χ1) is 9.15. The smallest absolute Gasteiger partial charge is 0.224 e. The van der Waals surface area contributed by atoms with E-state index in [1.165, 1.54) is 5.56 Å². The Morgan fingerprint density at radius 1 is 1.16 bits per heavy atom. The lowest BCUT2D eigenvalue weighted by atomic mass is 10.2. The lowest BCUT2D eigenvalue weighted by Gasteiger charge is -2.19. The predicted molar refractivity (Wildman–Crippen MR) is 75.3 cm³/mol. The molecule has 96 valence electrons. The summed E-state index contributed by atoms with van der Waals surface area (Å²) in [4.78, 5) is 10.4. The first-order valence-electron chi connectivity index (χ1n) is 5.92. The molecule has 0 saturated heterocycles. The van der Waals surface area contributed by atoms with Gasteiger partial charge >= 0.3 is 0 Å². The standard InChI is InChI=1S/C13H14N6/c1-8-3-5-9(6-4-8)19(2)12-10-7-15-18-11(10)16-13(14)17-12/h3-7H,1-2H3,(H3,14,15,16,17,18). The molecule has 0 unspecified atom stereocenters. The summed E-state index contributed by atoms with van der Waals surface area (Å²) < 4.78 is 0. The maximum Gasteiger partial charge on any atom is 0.224 e. The molecule has 0 radical (unpaired) electrons. The molecule has 3 rings (SSSR count). The van der Waals surface area contributed by atoms with Crippen LogP contribution in [0.2, 0.25) is 0 Å². The first-order valence-corrected chi connectivity index (χ1v) is 5.92. The number of H-pyrrole nitrogens is 1. The largest absolute Gasteiger partial charge is 0.368 e. The van der Waals surface area contributed by atoms with Crippen LogP contribution >= 0.6 is 0 Å². The molecule has 1 aromatic carbocycles. The highest BCUT2D eigenvalue weighted by Crippen LogP contribution is 2.28. The number of hydrogen-bond donors (Lipinski definition) is 2. The second-order valence-electron chi connectivity index (χ2n) is 4.43. The third-order valence-electron chi connectivity index (χ3n) is 3.05. The van der Waals surface area contributed by atoms with Gasteiger partial charge in [-0.1, -0.05) is 17.7 Å². The van der Waals surface area contributed by atoms with E-state index in [2.05, 4.69) is 39.2 Å². The van der Waals surface area contributed by atoms with Crippen LogP contribution in [-0.4, -0.2) is 27.2 Å². The van der Waals surface area contributed by atoms with Gasteiger partial charge in [-0.05, 0) is 19.1 Å². The van der Waals surface area contributed by atoms with Gasteiger partial charge in [0.05, 0.1) is 11.6 Å². The van der Waals surface area contributed by atoms with Gasteiger partial charge in [0.1, 0.15) is 5.82 Å². The molecule has 0 spiro atoms. The molecule has 0 atom stereocenters. The Bertz CT molecular complexity index is 716. The van der Waals surface area contributed by atoms with Gasteiger partial charge in [-0.15, -0.1) is 0 Å². The maximum atomic E-state index is 5.73. The van der Waals surface area contributed by atoms with E-state index in [0.29, 0.717) is 5.65 Å². The van der Waals surface area contributed by atoms with E-state index in [1.807, 2.05) is 24.1 Å². The topological polar surface area (TPSA) is 83.7 Å². The summed E-state index contributed by atoms with van der Waals surface area (Å²) in [7, 11) is 1.94. The molecule has 3 N–H and O–H groups in total. The summed E-state index contributed by atoms with van der Waals surface area (Å²) in [5.41, 5.74) is 8.62. The van der Waals surface area contributed by atoms with Crippen molar-refractivity contribution in [3.05, 3.63) is 36.0 Å². The minimum atomic E-state index is 0.228. The fraction of sp³-hybridized carbons (Fsp3) is 0.154. The SMILES string of the molecule is Cc1ccc(N(C)c2nc(N)nc3[nH]ncc23)cc1. The highest BCUT2D eigenvalue weighted by atomic mass is 15.2. The van der Waals surface area contributed by atoms with Gasteiger partial charge in [0.2, 0.25) is 5.95 Å². The summed E-state index contributed by atoms with van der Waals surface area (Å²) in [5, 5.41) is 7.64. The number of benzene rings is 1. The number of aromatic amines is 1. The first kappa shape index (κ1) is 11.5. The Labute approximate surface area is 110 Å². The molecule has 0 saturated carbocycles. The van der Waals surface area contributed by atoms with Crippen LogP contribution in [0.4, 0.5) is 17.5 Å². The second-order valence-corrected chi connectivity index (χ2v) is 4.43. The average Bonchev–Trinajstić information content (AvgIpc) is 2.85. The molecule has 19 heavy (non-hydrogen) atoms. The number of aromatic nitrogens is 4. The van der Waals surface area contributed by atoms with Crippen molar-refractivity contribution in [1.82, 2.24) is 20.2 Å². The molecule has 0 bridgehead atoms. The molecule has 0 fully saturated rings. The summed E-state index contributed by atoms with van der Waals surface area (Å²) in [6.45, 7) is 2.06. The Morgan fingerprint density at radius 3 is 2.63 bits per heavy atom. The van der Waals surface area contributed by atoms with Crippen LogP contribution in [0, 0.1) is 6.92 Å². The van der Waals surface area contributed by atoms with Crippen molar-refractivity contribution in [2.24, 2.45) is 0 Å². The van der Waals surface area contributed by atoms with Crippen molar-refractivity contribution in [3.8, 4) is 0 Å². The van der Waals surface area contributed by atoms with Gasteiger partial charge in [0.25, 0.3) is 0 Å². The molecule has 0 aliphatic carbocycles. The van der Waals surface area contributed by atoms with Crippen molar-refractivity contribution < 1.29 is 0 Å². The van der Waals surface area contributed by atoms with Crippen LogP contribution in [-0.2, 0) is 0 Å². The molecule has 6 nitrogen and oxygen atoms in total. The van der Waals surface area contributed by atoms with Crippen LogP contribution < -0.4 is 10.6 Å². The highest BCUT2D eigenvalue weighted by molar-refractivity contribution is 5.89. The van der Waals surface area contributed by atoms with Crippen molar-refractivity contribution in [1.29, 1.82) is 0 Å². The molecule has 0 aliphatic heterocycles. The van der Waals surface area contributed by atoms with Crippen LogP contribution in [0.15, 0.2) is 30.5 Å². The van der Waals surface area contributed by atoms with E-state index in [9.17, 15) is 0 Å². The van der Waals surface area contributed by atoms with Crippen LogP contribution in [0.1, 0.15) is 5.56 Å². The fourth-order valence-corrected chi connectivity index (χ4v) is 1.98. The lowest BCUT2D eigenvalue weighted by molar-refractivity contribution is 1.08. The normalized spacial score (nSPS) is 10.8.